The van der Waals surface area contributed by atoms with Crippen LogP contribution >= 0.6 is 0 Å². The van der Waals surface area contributed by atoms with Crippen LogP contribution in [0.2, 0.25) is 0 Å². The zero-order valence-electron chi connectivity index (χ0n) is 16.0. The van der Waals surface area contributed by atoms with Crippen molar-refractivity contribution in [2.75, 3.05) is 19.5 Å². The number of anilines is 1. The fourth-order valence-corrected chi connectivity index (χ4v) is 10.9. The molecule has 0 aliphatic rings. The molecule has 0 atom stereocenters. The monoisotopic (exact) mass is 757 g/mol. The number of nitrogens with one attached hydrogen (secondary N) is 1. The van der Waals surface area contributed by atoms with Gasteiger partial charge < -0.3 is 0 Å². The van der Waals surface area contributed by atoms with E-state index in [0.717, 1.165) is 0 Å². The van der Waals surface area contributed by atoms with Gasteiger partial charge in [-0.2, -0.15) is 0 Å². The molecule has 0 saturated carbocycles. The fraction of sp³-hybridized carbons (Fsp3) is 0.375. The van der Waals surface area contributed by atoms with E-state index >= 15 is 0 Å². The van der Waals surface area contributed by atoms with E-state index in [1.807, 2.05) is 0 Å². The number of Topliss-reactive ketones (excluding diaryl/α,β-unsaturated/α-hetero) is 1. The second kappa shape index (κ2) is 11.6. The SMILES string of the molecule is COc1c[c]([Hg][O]C(C)=O)c(OC)c(NC(=O)CC(C)=O)[c]1[Hg][O]C(C)=O. The summed E-state index contributed by atoms with van der Waals surface area (Å²) < 4.78 is 22.7. The molecule has 11 heteroatoms. The van der Waals surface area contributed by atoms with Crippen LogP contribution in [-0.2, 0) is 74.5 Å². The zero-order valence-corrected chi connectivity index (χ0v) is 27.0. The Balaban J connectivity index is 3.47. The van der Waals surface area contributed by atoms with Crippen molar-refractivity contribution in [3.8, 4) is 11.5 Å². The predicted molar refractivity (Wildman–Crippen MR) is 86.3 cm³/mol. The third-order valence-corrected chi connectivity index (χ3v) is 14.8. The van der Waals surface area contributed by atoms with E-state index in [2.05, 4.69) is 5.32 Å². The van der Waals surface area contributed by atoms with Gasteiger partial charge in [0.05, 0.1) is 0 Å². The van der Waals surface area contributed by atoms with Gasteiger partial charge in [0.15, 0.2) is 0 Å². The standard InChI is InChI=1S/C12H13NO4.2C2H4O2.2Hg/c1-8(14)6-12(15)13-10-7-9(16-2)4-5-11(10)17-3;2*1-2(3)4;;/h4H,6H2,1-3H3,(H,13,15);2*1H3,(H,3,4);;/q;;;2*+1/p-2. The minimum atomic E-state index is -2.48. The Morgan fingerprint density at radius 2 is 1.56 bits per heavy atom. The van der Waals surface area contributed by atoms with Gasteiger partial charge in [0.25, 0.3) is 0 Å². The molecule has 9 nitrogen and oxygen atoms in total. The zero-order chi connectivity index (χ0) is 20.6. The Morgan fingerprint density at radius 1 is 0.963 bits per heavy atom. The van der Waals surface area contributed by atoms with Gasteiger partial charge in [-0.3, -0.25) is 0 Å². The Hall–Kier alpha value is -1.23. The van der Waals surface area contributed by atoms with Crippen LogP contribution in [0, 0.1) is 0 Å². The third kappa shape index (κ3) is 7.73. The van der Waals surface area contributed by atoms with Crippen molar-refractivity contribution >= 4 is 35.5 Å². The van der Waals surface area contributed by atoms with Gasteiger partial charge in [-0.05, 0) is 0 Å². The summed E-state index contributed by atoms with van der Waals surface area (Å²) in [4.78, 5) is 45.9. The van der Waals surface area contributed by atoms with Crippen molar-refractivity contribution in [2.45, 2.75) is 27.2 Å². The molecule has 0 aliphatic carbocycles. The number of methoxy groups -OCH3 is 2. The molecule has 0 saturated heterocycles. The molecule has 27 heavy (non-hydrogen) atoms. The van der Waals surface area contributed by atoms with Gasteiger partial charge in [0, 0.05) is 0 Å². The van der Waals surface area contributed by atoms with Gasteiger partial charge in [0.1, 0.15) is 0 Å². The number of amides is 1. The van der Waals surface area contributed by atoms with Crippen molar-refractivity contribution in [1.82, 2.24) is 0 Å². The van der Waals surface area contributed by atoms with E-state index in [-0.39, 0.29) is 18.2 Å². The van der Waals surface area contributed by atoms with Crippen LogP contribution in [0.5, 0.6) is 11.5 Å². The van der Waals surface area contributed by atoms with Crippen LogP contribution in [0.25, 0.3) is 0 Å². The van der Waals surface area contributed by atoms with Gasteiger partial charge in [-0.1, -0.05) is 0 Å². The summed E-state index contributed by atoms with van der Waals surface area (Å²) in [5.41, 5.74) is 0.327. The first-order chi connectivity index (χ1) is 12.7. The molecule has 0 aromatic heterocycles. The Morgan fingerprint density at radius 3 is 2.04 bits per heavy atom. The molecule has 0 unspecified atom stereocenters. The first-order valence-corrected chi connectivity index (χ1v) is 18.0. The van der Waals surface area contributed by atoms with E-state index in [1.54, 1.807) is 6.07 Å². The summed E-state index contributed by atoms with van der Waals surface area (Å²) in [5.74, 6) is -0.800. The summed E-state index contributed by atoms with van der Waals surface area (Å²) in [6.07, 6.45) is -0.298. The van der Waals surface area contributed by atoms with E-state index in [1.165, 1.54) is 35.0 Å². The number of carbonyl (C=O) groups excluding carboxylic acids is 4. The van der Waals surface area contributed by atoms with E-state index in [4.69, 9.17) is 14.8 Å². The van der Waals surface area contributed by atoms with Crippen molar-refractivity contribution in [3.05, 3.63) is 6.07 Å². The van der Waals surface area contributed by atoms with Crippen LogP contribution in [0.4, 0.5) is 5.69 Å². The maximum absolute atomic E-state index is 12.2. The molecular weight excluding hydrogens is 735 g/mol. The molecule has 0 heterocycles. The Bertz CT molecular complexity index is 750. The number of hydrogen-bond acceptors (Lipinski definition) is 8. The summed E-state index contributed by atoms with van der Waals surface area (Å²) in [7, 11) is 2.89. The number of ketones is 1. The Kier molecular flexibility index (Phi) is 10.2. The summed E-state index contributed by atoms with van der Waals surface area (Å²) in [6, 6.07) is 1.71. The first kappa shape index (κ1) is 23.8. The molecule has 0 fully saturated rings. The molecule has 1 amide bonds. The molecular formula is C16H19Hg2NO8. The molecule has 0 spiro atoms. The maximum atomic E-state index is 12.2. The normalized spacial score (nSPS) is 9.37. The topological polar surface area (TPSA) is 117 Å². The Labute approximate surface area is 182 Å². The summed E-state index contributed by atoms with van der Waals surface area (Å²) in [6.45, 7) is 3.95. The molecule has 1 aromatic carbocycles. The van der Waals surface area contributed by atoms with E-state index in [0.29, 0.717) is 23.3 Å². The quantitative estimate of drug-likeness (QED) is 0.277. The molecule has 1 N–H and O–H groups in total. The van der Waals surface area contributed by atoms with Gasteiger partial charge in [-0.25, -0.2) is 0 Å². The third-order valence-electron chi connectivity index (χ3n) is 3.37. The van der Waals surface area contributed by atoms with Gasteiger partial charge >= 0.3 is 184 Å². The van der Waals surface area contributed by atoms with Crippen LogP contribution < -0.4 is 20.9 Å². The molecule has 0 radical (unpaired) electrons. The molecule has 0 aliphatic heterocycles. The van der Waals surface area contributed by atoms with E-state index in [9.17, 15) is 19.2 Å². The van der Waals surface area contributed by atoms with Crippen molar-refractivity contribution in [1.29, 1.82) is 0 Å². The summed E-state index contributed by atoms with van der Waals surface area (Å²) in [5, 5.41) is 2.68. The number of benzene rings is 1. The molecule has 1 aromatic rings. The van der Waals surface area contributed by atoms with Crippen molar-refractivity contribution < 1.29 is 84.0 Å². The molecule has 140 valence electrons. The number of rotatable bonds is 9. The second-order valence-electron chi connectivity index (χ2n) is 5.61. The number of hydrogen-bond donors (Lipinski definition) is 1. The van der Waals surface area contributed by atoms with Crippen LogP contribution in [0.3, 0.4) is 0 Å². The minimum absolute atomic E-state index is 0.291. The van der Waals surface area contributed by atoms with Crippen LogP contribution in [0.1, 0.15) is 27.2 Å². The van der Waals surface area contributed by atoms with Crippen molar-refractivity contribution in [3.63, 3.8) is 0 Å². The van der Waals surface area contributed by atoms with Crippen molar-refractivity contribution in [2.24, 2.45) is 0 Å². The van der Waals surface area contributed by atoms with E-state index < -0.39 is 61.9 Å². The second-order valence-corrected chi connectivity index (χ2v) is 15.8. The average molecular weight is 755 g/mol. The van der Waals surface area contributed by atoms with Gasteiger partial charge in [-0.15, -0.1) is 0 Å². The summed E-state index contributed by atoms with van der Waals surface area (Å²) >= 11 is -4.83. The average Bonchev–Trinajstić information content (AvgIpc) is 2.57. The molecule has 1 rings (SSSR count). The predicted octanol–water partition coefficient (Wildman–Crippen LogP) is -0.00680. The number of ether oxygens (including phenoxy) is 2. The fourth-order valence-electron chi connectivity index (χ4n) is 2.29. The van der Waals surface area contributed by atoms with Crippen LogP contribution in [-0.4, -0.2) is 37.8 Å². The molecule has 0 bridgehead atoms. The van der Waals surface area contributed by atoms with Crippen LogP contribution in [0.15, 0.2) is 6.07 Å². The van der Waals surface area contributed by atoms with Gasteiger partial charge in [0.2, 0.25) is 0 Å². The first-order valence-electron chi connectivity index (χ1n) is 8.02. The number of carbonyl (C=O) groups is 4.